The second-order valence-corrected chi connectivity index (χ2v) is 28.1. The predicted molar refractivity (Wildman–Crippen MR) is 406 cm³/mol. The maximum absolute atomic E-state index is 15.0. The number of ether oxygens (including phenoxy) is 8. The quantitative estimate of drug-likeness (QED) is 0.00715. The summed E-state index contributed by atoms with van der Waals surface area (Å²) in [6.07, 6.45) is -7.79. The summed E-state index contributed by atoms with van der Waals surface area (Å²) < 4.78 is 39.1. The fourth-order valence-electron chi connectivity index (χ4n) is 10.1. The minimum absolute atomic E-state index is 0.0814. The molecule has 668 valence electrons. The van der Waals surface area contributed by atoms with E-state index in [2.05, 4.69) is 75.5 Å². The van der Waals surface area contributed by atoms with Gasteiger partial charge >= 0.3 is 54.1 Å². The number of unbranched alkanes of at least 4 members (excludes halogenated alkanes) is 9. The Morgan fingerprint density at radius 1 is 0.508 bits per heavy atom. The Kier molecular flexibility index (Phi) is 51.8. The van der Waals surface area contributed by atoms with E-state index < -0.39 is 294 Å². The van der Waals surface area contributed by atoms with Gasteiger partial charge in [0.05, 0.1) is 61.9 Å². The molecular formula is C72H116ClN13O32. The maximum Gasteiger partial charge on any atom is 0.410 e. The molecule has 0 spiro atoms. The molecule has 0 aromatic heterocycles. The summed E-state index contributed by atoms with van der Waals surface area (Å²) in [5.74, 6) is -24.7. The number of esters is 5. The van der Waals surface area contributed by atoms with Crippen molar-refractivity contribution in [3.05, 3.63) is 11.8 Å². The number of carboxylic acid groups (broad SMARTS) is 1. The molecular weight excluding hydrogens is 1590 g/mol. The van der Waals surface area contributed by atoms with Crippen LogP contribution in [0.3, 0.4) is 0 Å². The van der Waals surface area contributed by atoms with E-state index in [1.807, 2.05) is 5.32 Å². The Hall–Kier alpha value is -10.8. The molecule has 0 aromatic rings. The molecule has 0 saturated carbocycles. The highest BCUT2D eigenvalue weighted by Crippen LogP contribution is 2.15. The number of aliphatic hydroxyl groups excluding tert-OH is 4. The molecule has 12 atom stereocenters. The number of carbonyl (C=O) groups excluding carboxylic acids is 18. The van der Waals surface area contributed by atoms with Crippen molar-refractivity contribution in [2.75, 3.05) is 66.2 Å². The van der Waals surface area contributed by atoms with Crippen molar-refractivity contribution in [2.45, 2.75) is 244 Å². The zero-order chi connectivity index (χ0) is 89.1. The number of halogens is 1. The first-order valence-electron chi connectivity index (χ1n) is 38.3. The minimum Gasteiger partial charge on any atom is -0.479 e. The lowest BCUT2D eigenvalue weighted by atomic mass is 10.0. The van der Waals surface area contributed by atoms with Crippen molar-refractivity contribution in [1.82, 2.24) is 69.1 Å². The van der Waals surface area contributed by atoms with Gasteiger partial charge in [-0.05, 0) is 52.4 Å². The number of cyclic esters (lactones) is 1. The third kappa shape index (κ3) is 43.4. The minimum atomic E-state index is -3.03. The van der Waals surface area contributed by atoms with E-state index in [1.165, 1.54) is 41.5 Å². The van der Waals surface area contributed by atoms with E-state index in [1.54, 1.807) is 0 Å². The standard InChI is InChI=1S/C72H116ClN13O32/c1-11-13-14-15-16-17-18-19-20-23-42(88)30-51(91)78-48-34-112-69(107)54(49(89)32-73)85-57(94)43(12-2)79-63(100)53(41(9)87)84-60(97)46(26-29-76-72(110)118-37-115-68(106)40(7)8)82-64(101)55(56(93)65(102)103)86-59(96)44(24-21-22-27-74-70(108)116-35-113-66(104)38(3)4)80-61(98)47(31-50(90)77-33-52(92)111-10)83-58(95)45(81-62(48)99)25-28-75-71(109)117-36-114-67(105)39(5)6/h12,38-42,44-49,53-56,87-89,93H,11,13-37H2,1-10H3,(H,74,108)(H,75,109)(H,76,110)(H,77,90)(H,78,91)(H,79,100)(H,80,98)(H,81,99)(H,82,101)(H,83,95)(H,84,97)(H,85,94)(H,86,96)(H,102,103)/b43-12+/t41-,42+,44?,45?,46-,47-,48?,49+,53?,54?,55?,56-/m0/s1. The zero-order valence-corrected chi connectivity index (χ0v) is 68.5. The Morgan fingerprint density at radius 3 is 1.43 bits per heavy atom. The summed E-state index contributed by atoms with van der Waals surface area (Å²) in [6.45, 7) is 6.41. The second kappa shape index (κ2) is 58.1. The van der Waals surface area contributed by atoms with Gasteiger partial charge in [-0.15, -0.1) is 11.6 Å². The first-order chi connectivity index (χ1) is 55.7. The Morgan fingerprint density at radius 2 is 0.958 bits per heavy atom. The molecule has 1 saturated heterocycles. The largest absolute Gasteiger partial charge is 0.479 e. The first kappa shape index (κ1) is 105. The molecule has 1 heterocycles. The highest BCUT2D eigenvalue weighted by molar-refractivity contribution is 6.18. The molecule has 0 bridgehead atoms. The van der Waals surface area contributed by atoms with E-state index >= 15 is 0 Å². The van der Waals surface area contributed by atoms with Crippen LogP contribution >= 0.6 is 11.6 Å². The molecule has 0 aliphatic carbocycles. The van der Waals surface area contributed by atoms with Gasteiger partial charge in [-0.1, -0.05) is 112 Å². The number of alkyl carbamates (subject to hydrolysis) is 3. The van der Waals surface area contributed by atoms with Crippen molar-refractivity contribution < 1.29 is 155 Å². The molecule has 1 aliphatic heterocycles. The van der Waals surface area contributed by atoms with Gasteiger partial charge in [0.25, 0.3) is 5.91 Å². The average molecular weight is 1710 g/mol. The van der Waals surface area contributed by atoms with Crippen molar-refractivity contribution in [3.63, 3.8) is 0 Å². The zero-order valence-electron chi connectivity index (χ0n) is 67.8. The number of nitrogens with one attached hydrogen (secondary N) is 13. The van der Waals surface area contributed by atoms with Gasteiger partial charge in [0.2, 0.25) is 73.5 Å². The van der Waals surface area contributed by atoms with Crippen LogP contribution < -0.4 is 69.1 Å². The van der Waals surface area contributed by atoms with E-state index in [-0.39, 0.29) is 25.8 Å². The van der Waals surface area contributed by atoms with Crippen LogP contribution in [0, 0.1) is 17.8 Å². The molecule has 0 aromatic carbocycles. The maximum atomic E-state index is 15.0. The average Bonchev–Trinajstić information content (AvgIpc) is 0.834. The molecule has 1 fully saturated rings. The highest BCUT2D eigenvalue weighted by atomic mass is 35.5. The second-order valence-electron chi connectivity index (χ2n) is 27.7. The number of amides is 13. The fraction of sp³-hybridized carbons (Fsp3) is 0.708. The van der Waals surface area contributed by atoms with Crippen molar-refractivity contribution in [2.24, 2.45) is 17.8 Å². The topological polar surface area (TPSA) is 656 Å². The van der Waals surface area contributed by atoms with Crippen molar-refractivity contribution >= 4 is 125 Å². The van der Waals surface area contributed by atoms with Crippen LogP contribution in [0.2, 0.25) is 0 Å². The van der Waals surface area contributed by atoms with Crippen LogP contribution in [0.1, 0.15) is 171 Å². The van der Waals surface area contributed by atoms with Gasteiger partial charge in [0.1, 0.15) is 61.1 Å². The molecule has 46 heteroatoms. The molecule has 45 nitrogen and oxygen atoms in total. The van der Waals surface area contributed by atoms with Crippen LogP contribution in [0.15, 0.2) is 11.8 Å². The van der Waals surface area contributed by atoms with Gasteiger partial charge in [-0.3, -0.25) is 67.1 Å². The monoisotopic (exact) mass is 1710 g/mol. The van der Waals surface area contributed by atoms with Gasteiger partial charge in [-0.25, -0.2) is 24.0 Å². The van der Waals surface area contributed by atoms with E-state index in [0.717, 1.165) is 72.0 Å². The third-order valence-corrected chi connectivity index (χ3v) is 17.3. The van der Waals surface area contributed by atoms with E-state index in [4.69, 9.17) is 44.8 Å². The van der Waals surface area contributed by atoms with Crippen molar-refractivity contribution in [1.29, 1.82) is 0 Å². The highest BCUT2D eigenvalue weighted by Gasteiger charge is 2.41. The summed E-state index contributed by atoms with van der Waals surface area (Å²) >= 11 is 6.00. The van der Waals surface area contributed by atoms with Gasteiger partial charge in [-0.2, -0.15) is 0 Å². The van der Waals surface area contributed by atoms with Crippen LogP contribution in [0.25, 0.3) is 0 Å². The van der Waals surface area contributed by atoms with Crippen LogP contribution in [-0.2, 0) is 115 Å². The lowest BCUT2D eigenvalue weighted by Gasteiger charge is -2.29. The predicted octanol–water partition coefficient (Wildman–Crippen LogP) is -3.18. The summed E-state index contributed by atoms with van der Waals surface area (Å²) in [7, 11) is 0.938. The normalized spacial score (nSPS) is 20.4. The van der Waals surface area contributed by atoms with Crippen LogP contribution in [0.4, 0.5) is 14.4 Å². The van der Waals surface area contributed by atoms with E-state index in [0.29, 0.717) is 12.8 Å². The van der Waals surface area contributed by atoms with Gasteiger partial charge < -0.3 is 133 Å². The molecule has 118 heavy (non-hydrogen) atoms. The number of allylic oxidation sites excluding steroid dienone is 1. The number of aliphatic hydroxyl groups is 4. The molecule has 6 unspecified atom stereocenters. The molecule has 18 N–H and O–H groups in total. The molecule has 1 aliphatic rings. The summed E-state index contributed by atoms with van der Waals surface area (Å²) in [6, 6.07) is -18.2. The molecule has 13 amide bonds. The lowest BCUT2D eigenvalue weighted by Crippen LogP contribution is -2.63. The smallest absolute Gasteiger partial charge is 0.410 e. The van der Waals surface area contributed by atoms with Gasteiger partial charge in [0, 0.05) is 19.6 Å². The fourth-order valence-corrected chi connectivity index (χ4v) is 10.3. The summed E-state index contributed by atoms with van der Waals surface area (Å²) in [5.41, 5.74) is -0.810. The Labute approximate surface area is 685 Å². The number of hydrogen-bond acceptors (Lipinski definition) is 31. The van der Waals surface area contributed by atoms with Crippen molar-refractivity contribution in [3.8, 4) is 0 Å². The Balaban J connectivity index is 4.56. The molecule has 0 radical (unpaired) electrons. The number of carboxylic acids is 1. The third-order valence-electron chi connectivity index (χ3n) is 17.0. The van der Waals surface area contributed by atoms with Crippen LogP contribution in [0.5, 0.6) is 0 Å². The Bertz CT molecular complexity index is 3380. The summed E-state index contributed by atoms with van der Waals surface area (Å²) in [4.78, 5) is 258. The number of carbonyl (C=O) groups is 19. The first-order valence-corrected chi connectivity index (χ1v) is 38.9. The molecule has 1 rings (SSSR count). The number of alkyl halides is 1. The SMILES string of the molecule is C/C=C1/NC(=O)C([C@H](C)O)NC(=O)[C@H](CCNC(=O)OCOC(=O)C(C)C)NC(=O)C([C@H](O)C(=O)O)NC(=O)C(CCCCNC(=O)OCOC(=O)C(C)C)NC(=O)[C@H](CC(=O)NCC(=O)OC)NC(=O)C(CCNC(=O)OCOC(=O)C(C)C)NC(=O)C(NC(=O)C[C@H](O)CCCCCCCCCCC)COC(=O)C([C@H](O)CCl)NC1=O. The van der Waals surface area contributed by atoms with Gasteiger partial charge in [0.15, 0.2) is 12.1 Å². The number of aliphatic carboxylic acids is 1. The summed E-state index contributed by atoms with van der Waals surface area (Å²) in [5, 5.41) is 82.8. The van der Waals surface area contributed by atoms with E-state index in [9.17, 15) is 117 Å². The number of hydrogen-bond donors (Lipinski definition) is 18. The lowest BCUT2D eigenvalue weighted by molar-refractivity contribution is -0.156. The van der Waals surface area contributed by atoms with Crippen LogP contribution in [-0.4, -0.2) is 278 Å². The number of methoxy groups -OCH3 is 1. The number of rotatable bonds is 42.